The van der Waals surface area contributed by atoms with Gasteiger partial charge in [0.15, 0.2) is 0 Å². The van der Waals surface area contributed by atoms with Crippen LogP contribution in [0.4, 0.5) is 4.79 Å². The number of nitrogens with zero attached hydrogens (tertiary/aromatic N) is 1. The minimum absolute atomic E-state index is 0.450. The van der Waals surface area contributed by atoms with Crippen LogP contribution in [0.25, 0.3) is 0 Å². The zero-order valence-corrected chi connectivity index (χ0v) is 11.8. The summed E-state index contributed by atoms with van der Waals surface area (Å²) in [5.41, 5.74) is -1.14. The fourth-order valence-corrected chi connectivity index (χ4v) is 3.30. The molecule has 0 heterocycles. The van der Waals surface area contributed by atoms with E-state index < -0.39 is 21.8 Å². The molecule has 0 aromatic carbocycles. The maximum atomic E-state index is 11.8. The molecule has 108 valence electrons. The van der Waals surface area contributed by atoms with E-state index in [2.05, 4.69) is 15.5 Å². The second kappa shape index (κ2) is 6.73. The summed E-state index contributed by atoms with van der Waals surface area (Å²) >= 11 is 0. The molecule has 7 nitrogen and oxygen atoms in total. The average Bonchev–Trinajstić information content (AvgIpc) is 2.32. The molecule has 8 heteroatoms. The molecule has 0 bridgehead atoms. The molecule has 0 aliphatic heterocycles. The number of carbonyl (C=O) groups excluding carboxylic acids is 1. The van der Waals surface area contributed by atoms with E-state index in [1.54, 1.807) is 4.72 Å². The summed E-state index contributed by atoms with van der Waals surface area (Å²) in [4.78, 5) is 10.9. The summed E-state index contributed by atoms with van der Waals surface area (Å²) < 4.78 is 31.7. The van der Waals surface area contributed by atoms with Gasteiger partial charge in [-0.1, -0.05) is 32.1 Å². The molecule has 0 saturated heterocycles. The van der Waals surface area contributed by atoms with Crippen molar-refractivity contribution >= 4 is 16.3 Å². The van der Waals surface area contributed by atoms with Gasteiger partial charge < -0.3 is 4.74 Å². The van der Waals surface area contributed by atoms with E-state index >= 15 is 0 Å². The van der Waals surface area contributed by atoms with Crippen LogP contribution in [0.15, 0.2) is 0 Å². The van der Waals surface area contributed by atoms with Crippen LogP contribution < -0.4 is 9.44 Å². The Hall–Kier alpha value is -1.33. The predicted molar refractivity (Wildman–Crippen MR) is 68.3 cm³/mol. The maximum Gasteiger partial charge on any atom is 0.421 e. The molecule has 1 saturated carbocycles. The van der Waals surface area contributed by atoms with Gasteiger partial charge in [0, 0.05) is 0 Å². The van der Waals surface area contributed by atoms with Gasteiger partial charge in [0.1, 0.15) is 5.54 Å². The Bertz CT molecular complexity index is 447. The highest BCUT2D eigenvalue weighted by atomic mass is 32.2. The standard InChI is InChI=1S/C11H19N3O4S/c1-18-10(15)13-19(16,17)14-11(9-12)7-5-3-2-4-6-8-11/h14H,2-8H2,1H3,(H,13,15). The van der Waals surface area contributed by atoms with Crippen molar-refractivity contribution in [3.63, 3.8) is 0 Å². The molecule has 0 aromatic rings. The number of nitrogens with one attached hydrogen (secondary N) is 2. The van der Waals surface area contributed by atoms with Crippen LogP contribution in [0.2, 0.25) is 0 Å². The highest BCUT2D eigenvalue weighted by Crippen LogP contribution is 2.26. The highest BCUT2D eigenvalue weighted by molar-refractivity contribution is 7.88. The van der Waals surface area contributed by atoms with Crippen molar-refractivity contribution in [3.05, 3.63) is 0 Å². The first-order chi connectivity index (χ1) is 8.93. The summed E-state index contributed by atoms with van der Waals surface area (Å²) in [5.74, 6) is 0. The van der Waals surface area contributed by atoms with Crippen molar-refractivity contribution in [2.45, 2.75) is 50.5 Å². The molecule has 1 aliphatic rings. The third kappa shape index (κ3) is 5.04. The van der Waals surface area contributed by atoms with E-state index in [-0.39, 0.29) is 0 Å². The third-order valence-electron chi connectivity index (χ3n) is 3.15. The Balaban J connectivity index is 2.78. The summed E-state index contributed by atoms with van der Waals surface area (Å²) in [7, 11) is -3.02. The number of amides is 1. The van der Waals surface area contributed by atoms with Crippen molar-refractivity contribution in [2.24, 2.45) is 0 Å². The molecule has 1 fully saturated rings. The quantitative estimate of drug-likeness (QED) is 0.811. The molecular weight excluding hydrogens is 270 g/mol. The molecular formula is C11H19N3O4S. The number of nitriles is 1. The summed E-state index contributed by atoms with van der Waals surface area (Å²) in [5, 5.41) is 9.29. The largest absolute Gasteiger partial charge is 0.452 e. The van der Waals surface area contributed by atoms with Gasteiger partial charge in [-0.25, -0.2) is 9.52 Å². The van der Waals surface area contributed by atoms with Crippen molar-refractivity contribution in [1.29, 1.82) is 5.26 Å². The fourth-order valence-electron chi connectivity index (χ4n) is 2.18. The first-order valence-electron chi connectivity index (χ1n) is 6.24. The minimum atomic E-state index is -4.09. The van der Waals surface area contributed by atoms with E-state index in [1.807, 2.05) is 0 Å². The van der Waals surface area contributed by atoms with Crippen molar-refractivity contribution in [1.82, 2.24) is 9.44 Å². The summed E-state index contributed by atoms with van der Waals surface area (Å²) in [6.07, 6.45) is 4.46. The molecule has 1 rings (SSSR count). The lowest BCUT2D eigenvalue weighted by Gasteiger charge is -2.29. The van der Waals surface area contributed by atoms with Crippen molar-refractivity contribution in [2.75, 3.05) is 7.11 Å². The number of hydrogen-bond acceptors (Lipinski definition) is 5. The first kappa shape index (κ1) is 15.7. The lowest BCUT2D eigenvalue weighted by molar-refractivity contribution is 0.177. The Kier molecular flexibility index (Phi) is 5.57. The van der Waals surface area contributed by atoms with Crippen molar-refractivity contribution < 1.29 is 17.9 Å². The molecule has 0 aromatic heterocycles. The number of hydrogen-bond donors (Lipinski definition) is 2. The lowest BCUT2D eigenvalue weighted by atomic mass is 9.86. The third-order valence-corrected chi connectivity index (χ3v) is 4.25. The smallest absolute Gasteiger partial charge is 0.421 e. The van der Waals surface area contributed by atoms with Gasteiger partial charge in [-0.05, 0) is 12.8 Å². The first-order valence-corrected chi connectivity index (χ1v) is 7.72. The maximum absolute atomic E-state index is 11.8. The summed E-state index contributed by atoms with van der Waals surface area (Å²) in [6, 6.07) is 2.05. The van der Waals surface area contributed by atoms with Gasteiger partial charge in [-0.3, -0.25) is 0 Å². The van der Waals surface area contributed by atoms with Crippen LogP contribution in [0, 0.1) is 11.3 Å². The molecule has 1 aliphatic carbocycles. The molecule has 0 unspecified atom stereocenters. The number of rotatable bonds is 3. The van der Waals surface area contributed by atoms with Crippen LogP contribution in [0.1, 0.15) is 44.9 Å². The monoisotopic (exact) mass is 289 g/mol. The zero-order chi connectivity index (χ0) is 14.4. The second-order valence-corrected chi connectivity index (χ2v) is 6.08. The van der Waals surface area contributed by atoms with Gasteiger partial charge in [-0.2, -0.15) is 18.4 Å². The Labute approximate surface area is 113 Å². The highest BCUT2D eigenvalue weighted by Gasteiger charge is 2.35. The van der Waals surface area contributed by atoms with Gasteiger partial charge in [0.05, 0.1) is 13.2 Å². The van der Waals surface area contributed by atoms with Crippen LogP contribution in [-0.2, 0) is 14.9 Å². The van der Waals surface area contributed by atoms with E-state index in [0.29, 0.717) is 12.8 Å². The molecule has 0 spiro atoms. The van der Waals surface area contributed by atoms with Crippen LogP contribution in [-0.4, -0.2) is 27.2 Å². The zero-order valence-electron chi connectivity index (χ0n) is 10.9. The number of carbonyl (C=O) groups is 1. The van der Waals surface area contributed by atoms with E-state index in [1.165, 1.54) is 0 Å². The molecule has 19 heavy (non-hydrogen) atoms. The summed E-state index contributed by atoms with van der Waals surface area (Å²) in [6.45, 7) is 0. The Morgan fingerprint density at radius 2 is 1.74 bits per heavy atom. The van der Waals surface area contributed by atoms with Crippen LogP contribution in [0.5, 0.6) is 0 Å². The van der Waals surface area contributed by atoms with Gasteiger partial charge in [0.2, 0.25) is 0 Å². The van der Waals surface area contributed by atoms with E-state index in [9.17, 15) is 18.5 Å². The van der Waals surface area contributed by atoms with Gasteiger partial charge in [-0.15, -0.1) is 0 Å². The minimum Gasteiger partial charge on any atom is -0.452 e. The van der Waals surface area contributed by atoms with Crippen LogP contribution in [0.3, 0.4) is 0 Å². The SMILES string of the molecule is COC(=O)NS(=O)(=O)NC1(C#N)CCCCCCC1. The van der Waals surface area contributed by atoms with Gasteiger partial charge in [0.25, 0.3) is 0 Å². The molecule has 0 radical (unpaired) electrons. The van der Waals surface area contributed by atoms with E-state index in [4.69, 9.17) is 0 Å². The Morgan fingerprint density at radius 3 is 2.21 bits per heavy atom. The number of methoxy groups -OCH3 is 1. The molecule has 1 amide bonds. The molecule has 0 atom stereocenters. The van der Waals surface area contributed by atoms with Crippen LogP contribution >= 0.6 is 0 Å². The number of ether oxygens (including phenoxy) is 1. The van der Waals surface area contributed by atoms with E-state index in [0.717, 1.165) is 39.2 Å². The average molecular weight is 289 g/mol. The predicted octanol–water partition coefficient (Wildman–Crippen LogP) is 1.18. The van der Waals surface area contributed by atoms with Gasteiger partial charge >= 0.3 is 16.3 Å². The molecule has 2 N–H and O–H groups in total. The topological polar surface area (TPSA) is 108 Å². The normalized spacial score (nSPS) is 19.6. The second-order valence-electron chi connectivity index (χ2n) is 4.66. The van der Waals surface area contributed by atoms with Crippen molar-refractivity contribution in [3.8, 4) is 6.07 Å². The lowest BCUT2D eigenvalue weighted by Crippen LogP contribution is -2.53. The Morgan fingerprint density at radius 1 is 1.21 bits per heavy atom. The fraction of sp³-hybridized carbons (Fsp3) is 0.818.